The van der Waals surface area contributed by atoms with Gasteiger partial charge in [0.15, 0.2) is 11.6 Å². The van der Waals surface area contributed by atoms with E-state index in [0.717, 1.165) is 67.6 Å². The lowest BCUT2D eigenvalue weighted by Crippen LogP contribution is -2.46. The average molecular weight is 931 g/mol. The van der Waals surface area contributed by atoms with Crippen LogP contribution in [0.4, 0.5) is 11.4 Å². The van der Waals surface area contributed by atoms with Crippen LogP contribution in [-0.2, 0) is 50.5 Å². The van der Waals surface area contributed by atoms with Gasteiger partial charge in [0.05, 0.1) is 26.4 Å². The summed E-state index contributed by atoms with van der Waals surface area (Å²) in [6, 6.07) is 21.3. The lowest BCUT2D eigenvalue weighted by Gasteiger charge is -2.25. The van der Waals surface area contributed by atoms with Crippen LogP contribution in [0.3, 0.4) is 0 Å². The van der Waals surface area contributed by atoms with E-state index in [2.05, 4.69) is 41.4 Å². The fraction of sp³-hybridized carbons (Fsp3) is 0.420. The third kappa shape index (κ3) is 15.0. The Morgan fingerprint density at radius 2 is 1.60 bits per heavy atom. The Kier molecular flexibility index (Phi) is 19.9. The number of nitrogens with zero attached hydrogens (tertiary/aromatic N) is 6. The highest BCUT2D eigenvalue weighted by atomic mass is 16.5. The molecule has 360 valence electrons. The topological polar surface area (TPSA) is 221 Å². The normalized spacial score (nSPS) is 12.3. The van der Waals surface area contributed by atoms with Gasteiger partial charge in [-0.15, -0.1) is 10.2 Å². The van der Waals surface area contributed by atoms with Gasteiger partial charge in [0.25, 0.3) is 11.8 Å². The van der Waals surface area contributed by atoms with Crippen molar-refractivity contribution in [3.8, 4) is 17.3 Å². The van der Waals surface area contributed by atoms with Crippen LogP contribution >= 0.6 is 0 Å². The van der Waals surface area contributed by atoms with E-state index in [9.17, 15) is 24.0 Å². The Morgan fingerprint density at radius 3 is 2.37 bits per heavy atom. The molecule has 68 heavy (non-hydrogen) atoms. The van der Waals surface area contributed by atoms with Crippen LogP contribution in [0.2, 0.25) is 0 Å². The molecule has 1 unspecified atom stereocenters. The fourth-order valence-electron chi connectivity index (χ4n) is 7.74. The first-order valence-electron chi connectivity index (χ1n) is 23.3. The molecule has 3 aromatic carbocycles. The molecule has 6 rings (SSSR count). The monoisotopic (exact) mass is 930 g/mol. The van der Waals surface area contributed by atoms with Crippen molar-refractivity contribution < 1.29 is 38.2 Å². The summed E-state index contributed by atoms with van der Waals surface area (Å²) >= 11 is 0. The highest BCUT2D eigenvalue weighted by Crippen LogP contribution is 2.32. The second-order valence-electron chi connectivity index (χ2n) is 16.3. The molecule has 5 aromatic rings. The molecule has 2 aromatic heterocycles. The third-order valence-electron chi connectivity index (χ3n) is 11.5. The average Bonchev–Trinajstić information content (AvgIpc) is 3.91. The second-order valence-corrected chi connectivity index (χ2v) is 16.3. The van der Waals surface area contributed by atoms with Crippen molar-refractivity contribution in [3.05, 3.63) is 113 Å². The predicted molar refractivity (Wildman–Crippen MR) is 256 cm³/mol. The lowest BCUT2D eigenvalue weighted by molar-refractivity contribution is -0.125. The molecule has 3 heterocycles. The summed E-state index contributed by atoms with van der Waals surface area (Å²) in [7, 11) is 3.38. The summed E-state index contributed by atoms with van der Waals surface area (Å²) in [5.74, 6) is 1.20. The van der Waals surface area contributed by atoms with Crippen molar-refractivity contribution in [2.75, 3.05) is 50.7 Å². The van der Waals surface area contributed by atoms with Gasteiger partial charge in [0, 0.05) is 87.5 Å². The van der Waals surface area contributed by atoms with E-state index in [1.807, 2.05) is 54.1 Å². The number of hydrogen-bond acceptors (Lipinski definition) is 13. The van der Waals surface area contributed by atoms with E-state index in [0.29, 0.717) is 92.9 Å². The molecular formula is C50H62N10O8. The summed E-state index contributed by atoms with van der Waals surface area (Å²) in [5, 5.41) is 20.4. The maximum Gasteiger partial charge on any atom is 0.255 e. The zero-order chi connectivity index (χ0) is 47.9. The Morgan fingerprint density at radius 1 is 0.838 bits per heavy atom. The molecule has 1 aliphatic rings. The third-order valence-corrected chi connectivity index (χ3v) is 11.5. The zero-order valence-corrected chi connectivity index (χ0v) is 38.9. The number of aromatic nitrogens is 5. The van der Waals surface area contributed by atoms with Gasteiger partial charge in [0.2, 0.25) is 11.8 Å². The molecule has 0 radical (unpaired) electrons. The number of ether oxygens (including phenoxy) is 3. The van der Waals surface area contributed by atoms with Crippen molar-refractivity contribution in [2.45, 2.75) is 89.9 Å². The Labute approximate surface area is 397 Å². The number of carbonyl (C=O) groups excluding carboxylic acids is 5. The molecule has 4 amide bonds. The van der Waals surface area contributed by atoms with Crippen molar-refractivity contribution >= 4 is 41.3 Å². The van der Waals surface area contributed by atoms with Gasteiger partial charge in [-0.25, -0.2) is 9.97 Å². The number of hydrogen-bond donors (Lipinski definition) is 4. The van der Waals surface area contributed by atoms with E-state index in [4.69, 9.17) is 14.2 Å². The maximum absolute atomic E-state index is 13.1. The number of carbonyl (C=O) groups is 5. The summed E-state index contributed by atoms with van der Waals surface area (Å²) in [4.78, 5) is 72.1. The minimum atomic E-state index is -0.767. The van der Waals surface area contributed by atoms with Crippen LogP contribution < -0.4 is 26.0 Å². The zero-order valence-electron chi connectivity index (χ0n) is 38.9. The van der Waals surface area contributed by atoms with Crippen molar-refractivity contribution in [3.63, 3.8) is 0 Å². The van der Waals surface area contributed by atoms with Gasteiger partial charge >= 0.3 is 0 Å². The van der Waals surface area contributed by atoms with Gasteiger partial charge in [-0.2, -0.15) is 0 Å². The number of fused-ring (bicyclic) bond motifs is 1. The summed E-state index contributed by atoms with van der Waals surface area (Å²) < 4.78 is 19.3. The van der Waals surface area contributed by atoms with E-state index >= 15 is 0 Å². The van der Waals surface area contributed by atoms with E-state index in [-0.39, 0.29) is 43.0 Å². The first kappa shape index (κ1) is 50.4. The standard InChI is InChI=1S/C50H62N10O8/c1-51-49(64)44(20-13-24-61)60-34-41-40(50(60)65)18-12-19-42(41)56-46(62)21-6-5-8-26-67-29-28-66-25-7-3-4-9-27-68-39-17-10-14-36(30-39)32-54-48(63)37-15-11-16-38(31-37)53-33-45-57-58-47(59(45)2)43-22-23-52-35-55-43/h10-12,14-19,22-24,30-31,35,44,53H,3-9,13,20-21,25-29,32-34H2,1-2H3,(H,51,64)(H,54,63)(H,56,62). The molecule has 0 fully saturated rings. The van der Waals surface area contributed by atoms with Crippen molar-refractivity contribution in [1.82, 2.24) is 40.3 Å². The molecule has 0 saturated carbocycles. The Balaban J connectivity index is 0.753. The number of nitrogens with one attached hydrogen (secondary N) is 4. The van der Waals surface area contributed by atoms with Gasteiger partial charge in [-0.05, 0) is 92.6 Å². The van der Waals surface area contributed by atoms with Gasteiger partial charge in [0.1, 0.15) is 30.1 Å². The van der Waals surface area contributed by atoms with E-state index in [1.165, 1.54) is 18.3 Å². The van der Waals surface area contributed by atoms with E-state index in [1.54, 1.807) is 36.5 Å². The number of likely N-dealkylation sites (N-methyl/N-ethyl adjacent to an activating group) is 1. The molecule has 1 atom stereocenters. The maximum atomic E-state index is 13.1. The van der Waals surface area contributed by atoms with Crippen LogP contribution in [0.15, 0.2) is 85.3 Å². The quantitative estimate of drug-likeness (QED) is 0.0306. The van der Waals surface area contributed by atoms with Crippen molar-refractivity contribution in [2.24, 2.45) is 7.05 Å². The highest BCUT2D eigenvalue weighted by Gasteiger charge is 2.37. The Bertz CT molecular complexity index is 2430. The minimum Gasteiger partial charge on any atom is -0.494 e. The first-order valence-corrected chi connectivity index (χ1v) is 23.3. The largest absolute Gasteiger partial charge is 0.494 e. The van der Waals surface area contributed by atoms with Crippen molar-refractivity contribution in [1.29, 1.82) is 0 Å². The number of anilines is 2. The molecule has 0 aliphatic carbocycles. The Hall–Kier alpha value is -7.05. The van der Waals surface area contributed by atoms with Gasteiger partial charge < -0.3 is 49.7 Å². The van der Waals surface area contributed by atoms with Crippen LogP contribution in [0, 0.1) is 0 Å². The summed E-state index contributed by atoms with van der Waals surface area (Å²) in [6.07, 6.45) is 10.9. The second kappa shape index (κ2) is 26.9. The van der Waals surface area contributed by atoms with Gasteiger partial charge in [-0.1, -0.05) is 37.1 Å². The molecule has 4 N–H and O–H groups in total. The molecule has 0 bridgehead atoms. The molecule has 18 heteroatoms. The number of amides is 4. The minimum absolute atomic E-state index is 0.139. The number of rotatable bonds is 30. The molecule has 0 saturated heterocycles. The smallest absolute Gasteiger partial charge is 0.255 e. The molecule has 18 nitrogen and oxygen atoms in total. The summed E-state index contributed by atoms with van der Waals surface area (Å²) in [6.45, 7) is 3.89. The van der Waals surface area contributed by atoms with E-state index < -0.39 is 6.04 Å². The highest BCUT2D eigenvalue weighted by molar-refractivity contribution is 6.04. The predicted octanol–water partition coefficient (Wildman–Crippen LogP) is 6.04. The number of benzene rings is 3. The lowest BCUT2D eigenvalue weighted by atomic mass is 10.1. The van der Waals surface area contributed by atoms with Gasteiger partial charge in [-0.3, -0.25) is 19.2 Å². The SMILES string of the molecule is CNC(=O)C(CCC=O)N1Cc2c(NC(=O)CCCCCOCCOCCCCCCOc3cccc(CNC(=O)c4cccc(NCc5nnc(-c6ccncn6)n5C)c4)c3)cccc2C1=O. The first-order chi connectivity index (χ1) is 33.2. The number of aldehydes is 1. The molecule has 1 aliphatic heterocycles. The molecule has 0 spiro atoms. The summed E-state index contributed by atoms with van der Waals surface area (Å²) in [5.41, 5.74) is 4.65. The molecular weight excluding hydrogens is 869 g/mol. The van der Waals surface area contributed by atoms with Crippen LogP contribution in [0.5, 0.6) is 5.75 Å². The van der Waals surface area contributed by atoms with Crippen LogP contribution in [-0.4, -0.2) is 106 Å². The van der Waals surface area contributed by atoms with Crippen LogP contribution in [0.1, 0.15) is 102 Å². The van der Waals surface area contributed by atoms with Crippen LogP contribution in [0.25, 0.3) is 11.5 Å². The fourth-order valence-corrected chi connectivity index (χ4v) is 7.74. The number of unbranched alkanes of at least 4 members (excludes halogenated alkanes) is 5.